The maximum Gasteiger partial charge on any atom is 0.232 e. The van der Waals surface area contributed by atoms with E-state index in [1.807, 2.05) is 0 Å². The van der Waals surface area contributed by atoms with Crippen molar-refractivity contribution < 1.29 is 4.52 Å². The third kappa shape index (κ3) is 3.09. The zero-order valence-corrected chi connectivity index (χ0v) is 11.8. The number of hydrogen-bond donors (Lipinski definition) is 1. The van der Waals surface area contributed by atoms with Gasteiger partial charge in [-0.15, -0.1) is 0 Å². The first-order chi connectivity index (χ1) is 8.36. The van der Waals surface area contributed by atoms with Crippen molar-refractivity contribution in [3.63, 3.8) is 0 Å². The number of nitrogens with zero attached hydrogens (tertiary/aromatic N) is 3. The minimum atomic E-state index is -0.0853. The number of piperidine rings is 1. The van der Waals surface area contributed by atoms with Crippen LogP contribution in [-0.4, -0.2) is 34.2 Å². The quantitative estimate of drug-likeness (QED) is 0.864. The topological polar surface area (TPSA) is 68.2 Å². The lowest BCUT2D eigenvalue weighted by atomic mass is 9.94. The molecule has 2 atom stereocenters. The molecule has 5 nitrogen and oxygen atoms in total. The summed E-state index contributed by atoms with van der Waals surface area (Å²) in [4.78, 5) is 6.77. The van der Waals surface area contributed by atoms with Crippen LogP contribution >= 0.6 is 0 Å². The molecule has 0 spiro atoms. The first kappa shape index (κ1) is 13.5. The molecule has 18 heavy (non-hydrogen) atoms. The van der Waals surface area contributed by atoms with Gasteiger partial charge in [-0.05, 0) is 18.9 Å². The molecule has 0 bridgehead atoms. The lowest BCUT2D eigenvalue weighted by Gasteiger charge is -2.34. The van der Waals surface area contributed by atoms with E-state index in [0.717, 1.165) is 31.9 Å². The molecule has 102 valence electrons. The van der Waals surface area contributed by atoms with Gasteiger partial charge in [0.05, 0.1) is 6.54 Å². The standard InChI is InChI=1S/C13H24N4O/c1-9-5-6-17(7-10(9)14)8-11-15-12(18-16-11)13(2,3)4/h9-10H,5-8,14H2,1-4H3. The molecule has 1 fully saturated rings. The van der Waals surface area contributed by atoms with Crippen LogP contribution in [0.5, 0.6) is 0 Å². The fourth-order valence-electron chi connectivity index (χ4n) is 2.14. The van der Waals surface area contributed by atoms with Gasteiger partial charge < -0.3 is 10.3 Å². The zero-order valence-electron chi connectivity index (χ0n) is 11.8. The predicted molar refractivity (Wildman–Crippen MR) is 70.0 cm³/mol. The minimum absolute atomic E-state index is 0.0853. The molecule has 0 radical (unpaired) electrons. The van der Waals surface area contributed by atoms with Gasteiger partial charge in [0.2, 0.25) is 5.89 Å². The highest BCUT2D eigenvalue weighted by Gasteiger charge is 2.26. The Kier molecular flexibility index (Phi) is 3.73. The number of aromatic nitrogens is 2. The van der Waals surface area contributed by atoms with Gasteiger partial charge in [-0.25, -0.2) is 0 Å². The predicted octanol–water partition coefficient (Wildman–Crippen LogP) is 1.54. The van der Waals surface area contributed by atoms with Crippen LogP contribution in [0.4, 0.5) is 0 Å². The van der Waals surface area contributed by atoms with E-state index in [-0.39, 0.29) is 11.5 Å². The van der Waals surface area contributed by atoms with Crippen LogP contribution in [-0.2, 0) is 12.0 Å². The Hall–Kier alpha value is -0.940. The van der Waals surface area contributed by atoms with Crippen molar-refractivity contribution in [2.24, 2.45) is 11.7 Å². The van der Waals surface area contributed by atoms with Crippen molar-refractivity contribution in [2.75, 3.05) is 13.1 Å². The van der Waals surface area contributed by atoms with E-state index in [9.17, 15) is 0 Å². The largest absolute Gasteiger partial charge is 0.339 e. The fourth-order valence-corrected chi connectivity index (χ4v) is 2.14. The maximum absolute atomic E-state index is 6.09. The Morgan fingerprint density at radius 3 is 2.72 bits per heavy atom. The SMILES string of the molecule is CC1CCN(Cc2noc(C(C)(C)C)n2)CC1N. The second kappa shape index (κ2) is 4.97. The maximum atomic E-state index is 6.09. The summed E-state index contributed by atoms with van der Waals surface area (Å²) in [6.07, 6.45) is 1.14. The van der Waals surface area contributed by atoms with Crippen LogP contribution < -0.4 is 5.73 Å². The summed E-state index contributed by atoms with van der Waals surface area (Å²) in [5.74, 6) is 2.07. The molecule has 1 aliphatic heterocycles. The van der Waals surface area contributed by atoms with Gasteiger partial charge >= 0.3 is 0 Å². The number of rotatable bonds is 2. The van der Waals surface area contributed by atoms with E-state index < -0.39 is 0 Å². The van der Waals surface area contributed by atoms with Crippen molar-refractivity contribution in [1.29, 1.82) is 0 Å². The summed E-state index contributed by atoms with van der Waals surface area (Å²) in [6.45, 7) is 11.2. The second-order valence-corrected chi connectivity index (χ2v) is 6.43. The highest BCUT2D eigenvalue weighted by atomic mass is 16.5. The summed E-state index contributed by atoms with van der Waals surface area (Å²) < 4.78 is 5.30. The molecule has 0 aliphatic carbocycles. The molecule has 2 rings (SSSR count). The lowest BCUT2D eigenvalue weighted by molar-refractivity contribution is 0.157. The normalized spacial score (nSPS) is 26.5. The van der Waals surface area contributed by atoms with E-state index in [1.165, 1.54) is 0 Å². The molecule has 2 unspecified atom stereocenters. The zero-order chi connectivity index (χ0) is 13.3. The Morgan fingerprint density at radius 1 is 1.44 bits per heavy atom. The first-order valence-electron chi connectivity index (χ1n) is 6.67. The number of nitrogens with two attached hydrogens (primary N) is 1. The third-order valence-electron chi connectivity index (χ3n) is 3.58. The first-order valence-corrected chi connectivity index (χ1v) is 6.67. The van der Waals surface area contributed by atoms with Gasteiger partial charge in [0.1, 0.15) is 0 Å². The van der Waals surface area contributed by atoms with E-state index in [2.05, 4.69) is 42.7 Å². The summed E-state index contributed by atoms with van der Waals surface area (Å²) in [7, 11) is 0. The summed E-state index contributed by atoms with van der Waals surface area (Å²) in [6, 6.07) is 0.257. The third-order valence-corrected chi connectivity index (χ3v) is 3.58. The van der Waals surface area contributed by atoms with Crippen molar-refractivity contribution in [3.05, 3.63) is 11.7 Å². The average Bonchev–Trinajstić information content (AvgIpc) is 2.72. The fraction of sp³-hybridized carbons (Fsp3) is 0.846. The van der Waals surface area contributed by atoms with Crippen LogP contribution in [0.2, 0.25) is 0 Å². The Balaban J connectivity index is 1.96. The summed E-state index contributed by atoms with van der Waals surface area (Å²) >= 11 is 0. The van der Waals surface area contributed by atoms with Gasteiger partial charge in [0.15, 0.2) is 5.82 Å². The average molecular weight is 252 g/mol. The van der Waals surface area contributed by atoms with Crippen LogP contribution in [0.25, 0.3) is 0 Å². The Bertz CT molecular complexity index is 396. The van der Waals surface area contributed by atoms with Crippen molar-refractivity contribution in [1.82, 2.24) is 15.0 Å². The summed E-state index contributed by atoms with van der Waals surface area (Å²) in [5.41, 5.74) is 6.01. The molecule has 0 amide bonds. The van der Waals surface area contributed by atoms with Gasteiger partial charge in [0.25, 0.3) is 0 Å². The van der Waals surface area contributed by atoms with Gasteiger partial charge in [0, 0.05) is 18.0 Å². The van der Waals surface area contributed by atoms with Crippen LogP contribution in [0.15, 0.2) is 4.52 Å². The molecule has 1 saturated heterocycles. The molecule has 2 N–H and O–H groups in total. The molecule has 5 heteroatoms. The second-order valence-electron chi connectivity index (χ2n) is 6.43. The minimum Gasteiger partial charge on any atom is -0.339 e. The number of likely N-dealkylation sites (tertiary alicyclic amines) is 1. The van der Waals surface area contributed by atoms with Crippen molar-refractivity contribution in [2.45, 2.75) is 52.1 Å². The number of hydrogen-bond acceptors (Lipinski definition) is 5. The Labute approximate surface area is 109 Å². The van der Waals surface area contributed by atoms with Crippen molar-refractivity contribution >= 4 is 0 Å². The van der Waals surface area contributed by atoms with E-state index in [0.29, 0.717) is 11.8 Å². The summed E-state index contributed by atoms with van der Waals surface area (Å²) in [5, 5.41) is 4.05. The highest BCUT2D eigenvalue weighted by Crippen LogP contribution is 2.21. The highest BCUT2D eigenvalue weighted by molar-refractivity contribution is 4.98. The molecular weight excluding hydrogens is 228 g/mol. The smallest absolute Gasteiger partial charge is 0.232 e. The van der Waals surface area contributed by atoms with Gasteiger partial charge in [-0.3, -0.25) is 4.90 Å². The van der Waals surface area contributed by atoms with E-state index in [4.69, 9.17) is 10.3 Å². The molecule has 1 aromatic rings. The van der Waals surface area contributed by atoms with Crippen molar-refractivity contribution in [3.8, 4) is 0 Å². The molecule has 0 saturated carbocycles. The monoisotopic (exact) mass is 252 g/mol. The van der Waals surface area contributed by atoms with Gasteiger partial charge in [-0.2, -0.15) is 4.98 Å². The Morgan fingerprint density at radius 2 is 2.17 bits per heavy atom. The van der Waals surface area contributed by atoms with Crippen LogP contribution in [0, 0.1) is 5.92 Å². The molecule has 0 aromatic carbocycles. The molecule has 2 heterocycles. The van der Waals surface area contributed by atoms with Gasteiger partial charge in [-0.1, -0.05) is 32.9 Å². The molecule has 1 aliphatic rings. The van der Waals surface area contributed by atoms with E-state index in [1.54, 1.807) is 0 Å². The van der Waals surface area contributed by atoms with Crippen LogP contribution in [0.3, 0.4) is 0 Å². The van der Waals surface area contributed by atoms with E-state index >= 15 is 0 Å². The van der Waals surface area contributed by atoms with Crippen LogP contribution in [0.1, 0.15) is 45.8 Å². The lowest BCUT2D eigenvalue weighted by Crippen LogP contribution is -2.47. The molecular formula is C13H24N4O. The molecule has 1 aromatic heterocycles.